The molecule has 1 unspecified atom stereocenters. The maximum Gasteiger partial charge on any atom is -0.0276 e. The number of aryl methyl sites for hydroxylation is 1. The molecule has 0 fully saturated rings. The Balaban J connectivity index is 2.20. The molecule has 1 rings (SSSR count). The molecule has 0 heteroatoms. The van der Waals surface area contributed by atoms with Crippen molar-refractivity contribution in [1.82, 2.24) is 0 Å². The van der Waals surface area contributed by atoms with E-state index in [2.05, 4.69) is 44.2 Å². The largest absolute Gasteiger partial charge is 0.0654 e. The van der Waals surface area contributed by atoms with Gasteiger partial charge in [-0.1, -0.05) is 63.4 Å². The normalized spacial score (nSPS) is 12.7. The Morgan fingerprint density at radius 2 is 1.79 bits per heavy atom. The van der Waals surface area contributed by atoms with Crippen LogP contribution in [0.1, 0.15) is 45.1 Å². The van der Waals surface area contributed by atoms with Crippen molar-refractivity contribution in [3.63, 3.8) is 0 Å². The zero-order valence-electron chi connectivity index (χ0n) is 9.50. The Kier molecular flexibility index (Phi) is 5.36. The van der Waals surface area contributed by atoms with E-state index >= 15 is 0 Å². The van der Waals surface area contributed by atoms with Crippen LogP contribution in [0.2, 0.25) is 0 Å². The summed E-state index contributed by atoms with van der Waals surface area (Å²) in [5.41, 5.74) is 1.48. The van der Waals surface area contributed by atoms with Gasteiger partial charge in [-0.2, -0.15) is 0 Å². The van der Waals surface area contributed by atoms with Crippen LogP contribution in [-0.4, -0.2) is 0 Å². The summed E-state index contributed by atoms with van der Waals surface area (Å²) in [7, 11) is 0. The monoisotopic (exact) mass is 190 g/mol. The van der Waals surface area contributed by atoms with Gasteiger partial charge >= 0.3 is 0 Å². The lowest BCUT2D eigenvalue weighted by Gasteiger charge is -2.10. The van der Waals surface area contributed by atoms with E-state index in [4.69, 9.17) is 0 Å². The van der Waals surface area contributed by atoms with Crippen molar-refractivity contribution in [2.75, 3.05) is 0 Å². The summed E-state index contributed by atoms with van der Waals surface area (Å²) in [6.07, 6.45) is 6.69. The molecule has 0 aliphatic heterocycles. The number of unbranched alkanes of at least 4 members (excludes halogenated alkanes) is 1. The second-order valence-electron chi connectivity index (χ2n) is 4.27. The number of rotatable bonds is 6. The van der Waals surface area contributed by atoms with Crippen LogP contribution in [0, 0.1) is 5.92 Å². The smallest absolute Gasteiger partial charge is 0.0276 e. The van der Waals surface area contributed by atoms with Crippen LogP contribution >= 0.6 is 0 Å². The summed E-state index contributed by atoms with van der Waals surface area (Å²) in [6, 6.07) is 10.8. The van der Waals surface area contributed by atoms with Crippen molar-refractivity contribution in [3.05, 3.63) is 35.9 Å². The highest BCUT2D eigenvalue weighted by Crippen LogP contribution is 2.15. The van der Waals surface area contributed by atoms with Crippen LogP contribution in [0.4, 0.5) is 0 Å². The van der Waals surface area contributed by atoms with Crippen molar-refractivity contribution in [3.8, 4) is 0 Å². The van der Waals surface area contributed by atoms with Crippen LogP contribution in [0.15, 0.2) is 30.3 Å². The fraction of sp³-hybridized carbons (Fsp3) is 0.571. The fourth-order valence-corrected chi connectivity index (χ4v) is 1.75. The molecule has 1 atom stereocenters. The topological polar surface area (TPSA) is 0 Å². The molecule has 78 valence electrons. The van der Waals surface area contributed by atoms with E-state index in [0.717, 1.165) is 5.92 Å². The van der Waals surface area contributed by atoms with E-state index in [1.165, 1.54) is 37.7 Å². The molecular formula is C14H22. The minimum Gasteiger partial charge on any atom is -0.0654 e. The first-order valence-corrected chi connectivity index (χ1v) is 5.87. The summed E-state index contributed by atoms with van der Waals surface area (Å²) in [4.78, 5) is 0. The van der Waals surface area contributed by atoms with Gasteiger partial charge in [0.1, 0.15) is 0 Å². The van der Waals surface area contributed by atoms with E-state index in [1.807, 2.05) is 0 Å². The van der Waals surface area contributed by atoms with E-state index in [-0.39, 0.29) is 0 Å². The van der Waals surface area contributed by atoms with Gasteiger partial charge in [0.25, 0.3) is 0 Å². The standard InChI is InChI=1S/C14H22/c1-3-4-8-13(2)11-12-14-9-6-5-7-10-14/h5-7,9-10,13H,3-4,8,11-12H2,1-2H3. The average molecular weight is 190 g/mol. The van der Waals surface area contributed by atoms with Crippen molar-refractivity contribution in [2.24, 2.45) is 5.92 Å². The molecule has 0 nitrogen and oxygen atoms in total. The highest BCUT2D eigenvalue weighted by molar-refractivity contribution is 5.14. The SMILES string of the molecule is CCCCC(C)CCc1ccccc1. The van der Waals surface area contributed by atoms with Crippen LogP contribution in [0.5, 0.6) is 0 Å². The summed E-state index contributed by atoms with van der Waals surface area (Å²) < 4.78 is 0. The molecule has 0 aliphatic rings. The highest BCUT2D eigenvalue weighted by Gasteiger charge is 2.01. The maximum absolute atomic E-state index is 2.37. The van der Waals surface area contributed by atoms with Crippen molar-refractivity contribution in [1.29, 1.82) is 0 Å². The zero-order valence-corrected chi connectivity index (χ0v) is 9.50. The summed E-state index contributed by atoms with van der Waals surface area (Å²) >= 11 is 0. The molecule has 14 heavy (non-hydrogen) atoms. The Hall–Kier alpha value is -0.780. The minimum atomic E-state index is 0.884. The molecule has 0 aliphatic carbocycles. The Bertz CT molecular complexity index is 225. The first-order valence-electron chi connectivity index (χ1n) is 5.87. The second kappa shape index (κ2) is 6.64. The van der Waals surface area contributed by atoms with Crippen LogP contribution < -0.4 is 0 Å². The van der Waals surface area contributed by atoms with Gasteiger partial charge < -0.3 is 0 Å². The quantitative estimate of drug-likeness (QED) is 0.622. The van der Waals surface area contributed by atoms with Crippen molar-refractivity contribution < 1.29 is 0 Å². The van der Waals surface area contributed by atoms with Gasteiger partial charge in [-0.25, -0.2) is 0 Å². The second-order valence-corrected chi connectivity index (χ2v) is 4.27. The fourth-order valence-electron chi connectivity index (χ4n) is 1.75. The van der Waals surface area contributed by atoms with Crippen LogP contribution in [-0.2, 0) is 6.42 Å². The molecule has 0 saturated heterocycles. The van der Waals surface area contributed by atoms with E-state index in [1.54, 1.807) is 0 Å². The van der Waals surface area contributed by atoms with E-state index < -0.39 is 0 Å². The van der Waals surface area contributed by atoms with Gasteiger partial charge in [0.2, 0.25) is 0 Å². The van der Waals surface area contributed by atoms with Gasteiger partial charge in [0, 0.05) is 0 Å². The summed E-state index contributed by atoms with van der Waals surface area (Å²) in [5.74, 6) is 0.884. The molecule has 0 saturated carbocycles. The summed E-state index contributed by atoms with van der Waals surface area (Å²) in [6.45, 7) is 4.64. The highest BCUT2D eigenvalue weighted by atomic mass is 14.1. The number of hydrogen-bond donors (Lipinski definition) is 0. The van der Waals surface area contributed by atoms with Crippen molar-refractivity contribution >= 4 is 0 Å². The Morgan fingerprint density at radius 3 is 2.43 bits per heavy atom. The first-order chi connectivity index (χ1) is 6.83. The van der Waals surface area contributed by atoms with Gasteiger partial charge in [0.05, 0.1) is 0 Å². The van der Waals surface area contributed by atoms with Crippen LogP contribution in [0.3, 0.4) is 0 Å². The van der Waals surface area contributed by atoms with E-state index in [9.17, 15) is 0 Å². The average Bonchev–Trinajstić information content (AvgIpc) is 2.25. The lowest BCUT2D eigenvalue weighted by Crippen LogP contribution is -1.97. The van der Waals surface area contributed by atoms with Gasteiger partial charge in [0.15, 0.2) is 0 Å². The molecule has 0 radical (unpaired) electrons. The van der Waals surface area contributed by atoms with Crippen molar-refractivity contribution in [2.45, 2.75) is 46.0 Å². The predicted molar refractivity (Wildman–Crippen MR) is 63.5 cm³/mol. The molecule has 0 N–H and O–H groups in total. The molecule has 0 amide bonds. The third-order valence-electron chi connectivity index (χ3n) is 2.82. The summed E-state index contributed by atoms with van der Waals surface area (Å²) in [5, 5.41) is 0. The van der Waals surface area contributed by atoms with Gasteiger partial charge in [-0.05, 0) is 24.3 Å². The lowest BCUT2D eigenvalue weighted by atomic mass is 9.96. The Labute approximate surface area is 88.4 Å². The molecule has 0 heterocycles. The molecule has 0 bridgehead atoms. The predicted octanol–water partition coefficient (Wildman–Crippen LogP) is 4.45. The van der Waals surface area contributed by atoms with Gasteiger partial charge in [-0.3, -0.25) is 0 Å². The molecule has 1 aromatic carbocycles. The lowest BCUT2D eigenvalue weighted by molar-refractivity contribution is 0.472. The molecule has 0 aromatic heterocycles. The van der Waals surface area contributed by atoms with E-state index in [0.29, 0.717) is 0 Å². The molecule has 0 spiro atoms. The molecular weight excluding hydrogens is 168 g/mol. The minimum absolute atomic E-state index is 0.884. The third-order valence-corrected chi connectivity index (χ3v) is 2.82. The third kappa shape index (κ3) is 4.45. The zero-order chi connectivity index (χ0) is 10.2. The van der Waals surface area contributed by atoms with Crippen LogP contribution in [0.25, 0.3) is 0 Å². The number of benzene rings is 1. The number of hydrogen-bond acceptors (Lipinski definition) is 0. The first kappa shape index (κ1) is 11.3. The molecule has 1 aromatic rings. The maximum atomic E-state index is 2.37. The Morgan fingerprint density at radius 1 is 1.07 bits per heavy atom. The van der Waals surface area contributed by atoms with Gasteiger partial charge in [-0.15, -0.1) is 0 Å².